The van der Waals surface area contributed by atoms with E-state index in [9.17, 15) is 0 Å². The Morgan fingerprint density at radius 1 is 1.14 bits per heavy atom. The number of unbranched alkanes of at least 4 members (excludes halogenated alkanes) is 2. The summed E-state index contributed by atoms with van der Waals surface area (Å²) in [6.07, 6.45) is 8.27. The molecule has 0 radical (unpaired) electrons. The van der Waals surface area contributed by atoms with Crippen molar-refractivity contribution in [1.82, 2.24) is 4.90 Å². The van der Waals surface area contributed by atoms with Crippen LogP contribution in [0, 0.1) is 5.92 Å². The van der Waals surface area contributed by atoms with E-state index in [4.69, 9.17) is 0 Å². The first-order valence-corrected chi connectivity index (χ1v) is 6.79. The molecule has 1 heterocycles. The first-order chi connectivity index (χ1) is 6.83. The zero-order valence-corrected chi connectivity index (χ0v) is 10.4. The molecule has 14 heavy (non-hydrogen) atoms. The van der Waals surface area contributed by atoms with Gasteiger partial charge in [0.1, 0.15) is 0 Å². The zero-order chi connectivity index (χ0) is 10.2. The summed E-state index contributed by atoms with van der Waals surface area (Å²) in [7, 11) is 0. The minimum Gasteiger partial charge on any atom is -0.303 e. The molecule has 0 saturated carbocycles. The molecule has 84 valence electrons. The maximum atomic E-state index is 4.24. The molecule has 1 aliphatic rings. The van der Waals surface area contributed by atoms with E-state index >= 15 is 0 Å². The van der Waals surface area contributed by atoms with Crippen LogP contribution in [0.3, 0.4) is 0 Å². The molecule has 2 heteroatoms. The van der Waals surface area contributed by atoms with Gasteiger partial charge in [0.15, 0.2) is 0 Å². The lowest BCUT2D eigenvalue weighted by Crippen LogP contribution is -2.25. The van der Waals surface area contributed by atoms with Crippen molar-refractivity contribution < 1.29 is 0 Å². The van der Waals surface area contributed by atoms with E-state index in [0.717, 1.165) is 11.7 Å². The highest BCUT2D eigenvalue weighted by Gasteiger charge is 2.12. The third kappa shape index (κ3) is 5.26. The Hall–Kier alpha value is 0.310. The predicted octanol–water partition coefficient (Wildman–Crippen LogP) is 3.21. The van der Waals surface area contributed by atoms with Crippen molar-refractivity contribution in [1.29, 1.82) is 0 Å². The van der Waals surface area contributed by atoms with Crippen molar-refractivity contribution in [3.63, 3.8) is 0 Å². The van der Waals surface area contributed by atoms with Gasteiger partial charge in [-0.3, -0.25) is 0 Å². The van der Waals surface area contributed by atoms with E-state index in [1.54, 1.807) is 0 Å². The lowest BCUT2D eigenvalue weighted by atomic mass is 10.0. The first-order valence-electron chi connectivity index (χ1n) is 6.16. The van der Waals surface area contributed by atoms with Crippen LogP contribution < -0.4 is 0 Å². The highest BCUT2D eigenvalue weighted by molar-refractivity contribution is 7.80. The molecule has 0 N–H and O–H groups in total. The Labute approximate surface area is 94.7 Å². The van der Waals surface area contributed by atoms with E-state index in [1.807, 2.05) is 0 Å². The third-order valence-electron chi connectivity index (χ3n) is 3.24. The van der Waals surface area contributed by atoms with Crippen LogP contribution in [0.2, 0.25) is 0 Å². The van der Waals surface area contributed by atoms with Gasteiger partial charge in [-0.05, 0) is 63.4 Å². The lowest BCUT2D eigenvalue weighted by molar-refractivity contribution is 0.275. The Morgan fingerprint density at radius 2 is 2.00 bits per heavy atom. The Bertz CT molecular complexity index is 138. The molecule has 0 amide bonds. The van der Waals surface area contributed by atoms with Gasteiger partial charge >= 0.3 is 0 Å². The predicted molar refractivity (Wildman–Crippen MR) is 67.2 cm³/mol. The summed E-state index contributed by atoms with van der Waals surface area (Å²) in [6.45, 7) is 6.39. The number of likely N-dealkylation sites (tertiary alicyclic amines) is 1. The maximum absolute atomic E-state index is 4.24. The van der Waals surface area contributed by atoms with Crippen molar-refractivity contribution in [3.05, 3.63) is 0 Å². The Kier molecular flexibility index (Phi) is 6.70. The van der Waals surface area contributed by atoms with Crippen molar-refractivity contribution in [2.24, 2.45) is 5.92 Å². The van der Waals surface area contributed by atoms with Gasteiger partial charge in [-0.2, -0.15) is 12.6 Å². The SMILES string of the molecule is CC1CCCN(CCCCCS)CC1. The second-order valence-corrected chi connectivity index (χ2v) is 5.11. The second kappa shape index (κ2) is 7.58. The van der Waals surface area contributed by atoms with Crippen LogP contribution in [-0.2, 0) is 0 Å². The molecular weight excluding hydrogens is 190 g/mol. The molecule has 0 spiro atoms. The average molecular weight is 215 g/mol. The lowest BCUT2D eigenvalue weighted by Gasteiger charge is -2.19. The first kappa shape index (κ1) is 12.4. The van der Waals surface area contributed by atoms with Crippen LogP contribution >= 0.6 is 12.6 Å². The summed E-state index contributed by atoms with van der Waals surface area (Å²) in [4.78, 5) is 2.65. The van der Waals surface area contributed by atoms with Crippen molar-refractivity contribution in [3.8, 4) is 0 Å². The normalized spacial score (nSPS) is 24.9. The fourth-order valence-electron chi connectivity index (χ4n) is 2.17. The van der Waals surface area contributed by atoms with Gasteiger partial charge in [-0.1, -0.05) is 13.3 Å². The minimum atomic E-state index is 0.956. The molecule has 1 aliphatic heterocycles. The fraction of sp³-hybridized carbons (Fsp3) is 1.00. The molecule has 0 aliphatic carbocycles. The fourth-order valence-corrected chi connectivity index (χ4v) is 2.39. The molecule has 1 saturated heterocycles. The molecule has 1 unspecified atom stereocenters. The maximum Gasteiger partial charge on any atom is -0.00162 e. The topological polar surface area (TPSA) is 3.24 Å². The molecule has 1 atom stereocenters. The van der Waals surface area contributed by atoms with Gasteiger partial charge in [0, 0.05) is 0 Å². The van der Waals surface area contributed by atoms with Crippen molar-refractivity contribution >= 4 is 12.6 Å². The van der Waals surface area contributed by atoms with E-state index in [0.29, 0.717) is 0 Å². The van der Waals surface area contributed by atoms with Gasteiger partial charge in [0.05, 0.1) is 0 Å². The van der Waals surface area contributed by atoms with E-state index in [-0.39, 0.29) is 0 Å². The van der Waals surface area contributed by atoms with Crippen molar-refractivity contribution in [2.75, 3.05) is 25.4 Å². The van der Waals surface area contributed by atoms with Gasteiger partial charge in [0.2, 0.25) is 0 Å². The number of hydrogen-bond donors (Lipinski definition) is 1. The standard InChI is InChI=1S/C12H25NS/c1-12-6-5-9-13(10-7-12)8-3-2-4-11-14/h12,14H,2-11H2,1H3. The van der Waals surface area contributed by atoms with Gasteiger partial charge in [0.25, 0.3) is 0 Å². The smallest absolute Gasteiger partial charge is 0.00162 e. The van der Waals surface area contributed by atoms with E-state index < -0.39 is 0 Å². The quantitative estimate of drug-likeness (QED) is 0.544. The molecule has 0 bridgehead atoms. The summed E-state index contributed by atoms with van der Waals surface area (Å²) in [6, 6.07) is 0. The van der Waals surface area contributed by atoms with Crippen LogP contribution in [0.15, 0.2) is 0 Å². The number of nitrogens with zero attached hydrogens (tertiary/aromatic N) is 1. The molecule has 0 aromatic rings. The van der Waals surface area contributed by atoms with Crippen molar-refractivity contribution in [2.45, 2.75) is 45.4 Å². The second-order valence-electron chi connectivity index (χ2n) is 4.66. The molecule has 1 fully saturated rings. The summed E-state index contributed by atoms with van der Waals surface area (Å²) >= 11 is 4.24. The zero-order valence-electron chi connectivity index (χ0n) is 9.54. The van der Waals surface area contributed by atoms with Gasteiger partial charge < -0.3 is 4.90 Å². The average Bonchev–Trinajstić information content (AvgIpc) is 2.38. The van der Waals surface area contributed by atoms with E-state index in [1.165, 1.54) is 58.2 Å². The monoisotopic (exact) mass is 215 g/mol. The molecule has 0 aromatic carbocycles. The molecule has 0 aromatic heterocycles. The van der Waals surface area contributed by atoms with Crippen LogP contribution in [0.25, 0.3) is 0 Å². The van der Waals surface area contributed by atoms with Crippen LogP contribution in [0.4, 0.5) is 0 Å². The third-order valence-corrected chi connectivity index (χ3v) is 3.56. The van der Waals surface area contributed by atoms with Crippen LogP contribution in [0.5, 0.6) is 0 Å². The van der Waals surface area contributed by atoms with Gasteiger partial charge in [-0.25, -0.2) is 0 Å². The number of rotatable bonds is 5. The molecule has 1 nitrogen and oxygen atoms in total. The molecular formula is C12H25NS. The highest BCUT2D eigenvalue weighted by atomic mass is 32.1. The highest BCUT2D eigenvalue weighted by Crippen LogP contribution is 2.16. The Morgan fingerprint density at radius 3 is 2.79 bits per heavy atom. The van der Waals surface area contributed by atoms with Gasteiger partial charge in [-0.15, -0.1) is 0 Å². The van der Waals surface area contributed by atoms with Crippen LogP contribution in [0.1, 0.15) is 45.4 Å². The Balaban J connectivity index is 2.05. The largest absolute Gasteiger partial charge is 0.303 e. The molecule has 1 rings (SSSR count). The summed E-state index contributed by atoms with van der Waals surface area (Å²) in [5.74, 6) is 2.01. The number of thiol groups is 1. The summed E-state index contributed by atoms with van der Waals surface area (Å²) in [5.41, 5.74) is 0. The minimum absolute atomic E-state index is 0.956. The summed E-state index contributed by atoms with van der Waals surface area (Å²) in [5, 5.41) is 0. The van der Waals surface area contributed by atoms with E-state index in [2.05, 4.69) is 24.5 Å². The number of hydrogen-bond acceptors (Lipinski definition) is 2. The van der Waals surface area contributed by atoms with Crippen LogP contribution in [-0.4, -0.2) is 30.3 Å². The summed E-state index contributed by atoms with van der Waals surface area (Å²) < 4.78 is 0.